The minimum atomic E-state index is -1.52. The molecular weight excluding hydrogens is 446 g/mol. The fraction of sp³-hybridized carbons (Fsp3) is 0.333. The molecule has 170 valence electrons. The van der Waals surface area contributed by atoms with Crippen LogP contribution in [0, 0.1) is 11.8 Å². The highest BCUT2D eigenvalue weighted by Crippen LogP contribution is 2.57. The Labute approximate surface area is 195 Å². The smallest absolute Gasteiger partial charge is 0.307 e. The molecule has 33 heavy (non-hydrogen) atoms. The van der Waals surface area contributed by atoms with Crippen molar-refractivity contribution in [2.45, 2.75) is 18.0 Å². The lowest BCUT2D eigenvalue weighted by molar-refractivity contribution is -0.154. The van der Waals surface area contributed by atoms with E-state index in [0.717, 1.165) is 10.5 Å². The molecule has 9 heteroatoms. The zero-order valence-electron chi connectivity index (χ0n) is 17.9. The number of hydrogen-bond donors (Lipinski definition) is 1. The van der Waals surface area contributed by atoms with E-state index in [2.05, 4.69) is 5.32 Å². The second-order valence-electron chi connectivity index (χ2n) is 8.47. The number of halogens is 1. The van der Waals surface area contributed by atoms with Gasteiger partial charge in [-0.1, -0.05) is 41.9 Å². The minimum Gasteiger partial charge on any atom is -0.469 e. The third-order valence-corrected chi connectivity index (χ3v) is 7.20. The third kappa shape index (κ3) is 3.08. The van der Waals surface area contributed by atoms with Crippen molar-refractivity contribution >= 4 is 41.0 Å². The molecule has 2 aromatic rings. The van der Waals surface area contributed by atoms with Crippen LogP contribution in [-0.2, 0) is 23.9 Å². The predicted molar refractivity (Wildman–Crippen MR) is 119 cm³/mol. The number of esters is 1. The summed E-state index contributed by atoms with van der Waals surface area (Å²) in [7, 11) is 1.24. The molecule has 8 nitrogen and oxygen atoms in total. The molecule has 3 aliphatic rings. The highest BCUT2D eigenvalue weighted by atomic mass is 35.5. The molecule has 0 bridgehead atoms. The Balaban J connectivity index is 1.70. The van der Waals surface area contributed by atoms with E-state index in [1.54, 1.807) is 24.3 Å². The number of amides is 3. The van der Waals surface area contributed by atoms with Crippen LogP contribution in [0.25, 0.3) is 0 Å². The maximum Gasteiger partial charge on any atom is 0.307 e. The molecule has 2 aromatic carbocycles. The van der Waals surface area contributed by atoms with Crippen LogP contribution in [0.5, 0.6) is 0 Å². The maximum absolute atomic E-state index is 13.8. The van der Waals surface area contributed by atoms with Crippen molar-refractivity contribution in [1.82, 2.24) is 10.2 Å². The summed E-state index contributed by atoms with van der Waals surface area (Å²) in [4.78, 5) is 56.6. The van der Waals surface area contributed by atoms with Gasteiger partial charge < -0.3 is 10.1 Å². The topological polar surface area (TPSA) is 96.0 Å². The van der Waals surface area contributed by atoms with E-state index in [0.29, 0.717) is 23.8 Å². The number of anilines is 1. The normalized spacial score (nSPS) is 29.0. The van der Waals surface area contributed by atoms with Crippen molar-refractivity contribution < 1.29 is 23.9 Å². The van der Waals surface area contributed by atoms with Crippen LogP contribution in [-0.4, -0.2) is 54.3 Å². The summed E-state index contributed by atoms with van der Waals surface area (Å²) in [6, 6.07) is 15.2. The van der Waals surface area contributed by atoms with Crippen LogP contribution in [0.15, 0.2) is 54.6 Å². The van der Waals surface area contributed by atoms with Gasteiger partial charge in [-0.05, 0) is 29.8 Å². The zero-order valence-corrected chi connectivity index (χ0v) is 18.6. The lowest BCUT2D eigenvalue weighted by Crippen LogP contribution is -2.67. The van der Waals surface area contributed by atoms with E-state index in [1.807, 2.05) is 35.2 Å². The first kappa shape index (κ1) is 21.6. The lowest BCUT2D eigenvalue weighted by Gasteiger charge is -2.45. The van der Waals surface area contributed by atoms with E-state index in [1.165, 1.54) is 7.11 Å². The average molecular weight is 468 g/mol. The Morgan fingerprint density at radius 3 is 2.45 bits per heavy atom. The van der Waals surface area contributed by atoms with Gasteiger partial charge in [0.2, 0.25) is 17.7 Å². The summed E-state index contributed by atoms with van der Waals surface area (Å²) in [5.74, 6) is -3.82. The molecule has 3 amide bonds. The molecule has 0 aromatic heterocycles. The molecule has 4 atom stereocenters. The van der Waals surface area contributed by atoms with Crippen LogP contribution < -0.4 is 10.2 Å². The van der Waals surface area contributed by atoms with Crippen molar-refractivity contribution in [2.75, 3.05) is 25.1 Å². The van der Waals surface area contributed by atoms with Gasteiger partial charge in [0.05, 0.1) is 31.1 Å². The average Bonchev–Trinajstić information content (AvgIpc) is 3.26. The molecule has 1 N–H and O–H groups in total. The van der Waals surface area contributed by atoms with E-state index in [4.69, 9.17) is 16.3 Å². The Morgan fingerprint density at radius 2 is 1.79 bits per heavy atom. The number of carbonyl (C=O) groups is 4. The number of nitrogens with zero attached hydrogens (tertiary/aromatic N) is 2. The summed E-state index contributed by atoms with van der Waals surface area (Å²) >= 11 is 6.00. The summed E-state index contributed by atoms with van der Waals surface area (Å²) < 4.78 is 4.91. The van der Waals surface area contributed by atoms with Gasteiger partial charge in [0, 0.05) is 24.2 Å². The highest BCUT2D eigenvalue weighted by Gasteiger charge is 2.73. The van der Waals surface area contributed by atoms with Crippen LogP contribution in [0.1, 0.15) is 18.0 Å². The monoisotopic (exact) mass is 467 g/mol. The Kier molecular flexibility index (Phi) is 5.22. The van der Waals surface area contributed by atoms with Crippen LogP contribution in [0.2, 0.25) is 5.02 Å². The number of rotatable bonds is 4. The first-order chi connectivity index (χ1) is 15.9. The number of fused-ring (bicyclic) bond motifs is 3. The Morgan fingerprint density at radius 1 is 1.09 bits per heavy atom. The standard InChI is InChI=1S/C24H22ClN3O5/c1-33-17(29)13-24-19-18(21(30)28(22(19)31)16-9-7-15(25)8-10-16)20(14-5-3-2-4-6-14)27(24)12-11-26-23(24)32/h2-10,18-20H,11-13H2,1H3,(H,26,32)/t18-,19-,20-,24+/m0/s1. The number of imide groups is 1. The maximum atomic E-state index is 13.8. The predicted octanol–water partition coefficient (Wildman–Crippen LogP) is 1.93. The van der Waals surface area contributed by atoms with Gasteiger partial charge in [0.1, 0.15) is 5.54 Å². The Bertz CT molecular complexity index is 1140. The summed E-state index contributed by atoms with van der Waals surface area (Å²) in [6.45, 7) is 0.755. The number of benzene rings is 2. The van der Waals surface area contributed by atoms with Crippen LogP contribution in [0.3, 0.4) is 0 Å². The minimum absolute atomic E-state index is 0.326. The fourth-order valence-corrected chi connectivity index (χ4v) is 5.78. The third-order valence-electron chi connectivity index (χ3n) is 6.95. The number of methoxy groups -OCH3 is 1. The molecule has 0 saturated carbocycles. The molecule has 3 aliphatic heterocycles. The number of carbonyl (C=O) groups excluding carboxylic acids is 4. The molecule has 3 saturated heterocycles. The summed E-state index contributed by atoms with van der Waals surface area (Å²) in [5, 5.41) is 3.29. The first-order valence-electron chi connectivity index (χ1n) is 10.7. The number of nitrogens with one attached hydrogen (secondary N) is 1. The van der Waals surface area contributed by atoms with Crippen LogP contribution >= 0.6 is 11.6 Å². The molecule has 5 rings (SSSR count). The SMILES string of the molecule is COC(=O)C[C@@]12C(=O)NCCN1[C@@H](c1ccccc1)[C@H]1C(=O)N(c3ccc(Cl)cc3)C(=O)[C@H]12. The molecule has 0 aliphatic carbocycles. The van der Waals surface area contributed by atoms with Crippen molar-refractivity contribution in [2.24, 2.45) is 11.8 Å². The van der Waals surface area contributed by atoms with Gasteiger partial charge in [0.15, 0.2) is 0 Å². The Hall–Kier alpha value is -3.23. The van der Waals surface area contributed by atoms with Gasteiger partial charge >= 0.3 is 5.97 Å². The van der Waals surface area contributed by atoms with Crippen LogP contribution in [0.4, 0.5) is 5.69 Å². The first-order valence-corrected chi connectivity index (χ1v) is 11.1. The fourth-order valence-electron chi connectivity index (χ4n) is 5.65. The van der Waals surface area contributed by atoms with Crippen molar-refractivity contribution in [3.8, 4) is 0 Å². The molecule has 0 unspecified atom stereocenters. The van der Waals surface area contributed by atoms with Gasteiger partial charge in [-0.3, -0.25) is 24.1 Å². The second kappa shape index (κ2) is 7.97. The number of piperazine rings is 1. The molecular formula is C24H22ClN3O5. The number of hydrogen-bond acceptors (Lipinski definition) is 6. The summed E-state index contributed by atoms with van der Waals surface area (Å²) in [5.41, 5.74) is -0.329. The van der Waals surface area contributed by atoms with Gasteiger partial charge in [-0.2, -0.15) is 0 Å². The molecule has 0 radical (unpaired) electrons. The molecule has 3 heterocycles. The quantitative estimate of drug-likeness (QED) is 0.545. The molecule has 3 fully saturated rings. The van der Waals surface area contributed by atoms with Crippen molar-refractivity contribution in [3.05, 3.63) is 65.2 Å². The number of ether oxygens (including phenoxy) is 1. The van der Waals surface area contributed by atoms with E-state index < -0.39 is 47.1 Å². The largest absolute Gasteiger partial charge is 0.469 e. The van der Waals surface area contributed by atoms with E-state index in [-0.39, 0.29) is 6.42 Å². The van der Waals surface area contributed by atoms with E-state index >= 15 is 0 Å². The van der Waals surface area contributed by atoms with Crippen molar-refractivity contribution in [1.29, 1.82) is 0 Å². The zero-order chi connectivity index (χ0) is 23.3. The highest BCUT2D eigenvalue weighted by molar-refractivity contribution is 6.31. The lowest BCUT2D eigenvalue weighted by atomic mass is 9.76. The molecule has 0 spiro atoms. The van der Waals surface area contributed by atoms with Gasteiger partial charge in [-0.25, -0.2) is 4.90 Å². The van der Waals surface area contributed by atoms with E-state index in [9.17, 15) is 19.2 Å². The summed E-state index contributed by atoms with van der Waals surface area (Å²) in [6.07, 6.45) is -0.326. The van der Waals surface area contributed by atoms with Gasteiger partial charge in [0.25, 0.3) is 0 Å². The van der Waals surface area contributed by atoms with Gasteiger partial charge in [-0.15, -0.1) is 0 Å². The van der Waals surface area contributed by atoms with Crippen molar-refractivity contribution in [3.63, 3.8) is 0 Å². The second-order valence-corrected chi connectivity index (χ2v) is 8.91.